The largest absolute Gasteiger partial charge is 0.497 e. The van der Waals surface area contributed by atoms with Crippen molar-refractivity contribution >= 4 is 22.4 Å². The van der Waals surface area contributed by atoms with Crippen LogP contribution in [-0.4, -0.2) is 18.0 Å². The Labute approximate surface area is 188 Å². The summed E-state index contributed by atoms with van der Waals surface area (Å²) in [7, 11) is 1.62. The summed E-state index contributed by atoms with van der Waals surface area (Å²) in [6.45, 7) is 2.05. The van der Waals surface area contributed by atoms with Crippen molar-refractivity contribution in [3.8, 4) is 28.8 Å². The predicted molar refractivity (Wildman–Crippen MR) is 121 cm³/mol. The third-order valence-corrected chi connectivity index (χ3v) is 5.53. The third-order valence-electron chi connectivity index (χ3n) is 4.64. The number of furan rings is 1. The van der Waals surface area contributed by atoms with E-state index in [1.165, 1.54) is 11.3 Å². The van der Waals surface area contributed by atoms with Crippen molar-refractivity contribution in [1.82, 2.24) is 4.98 Å². The van der Waals surface area contributed by atoms with Crippen LogP contribution >= 0.6 is 11.3 Å². The number of para-hydroxylation sites is 1. The van der Waals surface area contributed by atoms with Crippen LogP contribution in [0.2, 0.25) is 0 Å². The highest BCUT2D eigenvalue weighted by atomic mass is 32.1. The summed E-state index contributed by atoms with van der Waals surface area (Å²) in [6.07, 6.45) is 0. The van der Waals surface area contributed by atoms with E-state index in [1.54, 1.807) is 43.5 Å². The van der Waals surface area contributed by atoms with Gasteiger partial charge >= 0.3 is 0 Å². The van der Waals surface area contributed by atoms with Gasteiger partial charge in [-0.1, -0.05) is 12.1 Å². The van der Waals surface area contributed by atoms with Crippen molar-refractivity contribution < 1.29 is 18.7 Å². The van der Waals surface area contributed by atoms with E-state index in [0.29, 0.717) is 22.2 Å². The molecule has 0 bridgehead atoms. The molecule has 7 nitrogen and oxygen atoms in total. The van der Waals surface area contributed by atoms with Gasteiger partial charge in [0, 0.05) is 10.4 Å². The van der Waals surface area contributed by atoms with Gasteiger partial charge in [-0.25, -0.2) is 4.98 Å². The van der Waals surface area contributed by atoms with E-state index in [0.717, 1.165) is 21.9 Å². The lowest BCUT2D eigenvalue weighted by Crippen LogP contribution is -2.10. The van der Waals surface area contributed by atoms with E-state index in [-0.39, 0.29) is 12.4 Å². The fourth-order valence-corrected chi connectivity index (χ4v) is 3.87. The third kappa shape index (κ3) is 4.63. The Morgan fingerprint density at radius 1 is 1.16 bits per heavy atom. The highest BCUT2D eigenvalue weighted by Gasteiger charge is 2.16. The molecule has 0 saturated heterocycles. The van der Waals surface area contributed by atoms with Gasteiger partial charge in [-0.3, -0.25) is 10.1 Å². The summed E-state index contributed by atoms with van der Waals surface area (Å²) in [6, 6.07) is 19.8. The second-order valence-electron chi connectivity index (χ2n) is 6.77. The number of nitrogens with zero attached hydrogens (tertiary/aromatic N) is 2. The van der Waals surface area contributed by atoms with Crippen molar-refractivity contribution in [3.63, 3.8) is 0 Å². The fraction of sp³-hybridized carbons (Fsp3) is 0.125. The Kier molecular flexibility index (Phi) is 6.19. The van der Waals surface area contributed by atoms with E-state index in [2.05, 4.69) is 16.4 Å². The zero-order chi connectivity index (χ0) is 22.5. The first-order valence-electron chi connectivity index (χ1n) is 9.71. The molecule has 0 aliphatic rings. The number of aromatic nitrogens is 1. The molecule has 0 radical (unpaired) electrons. The number of methoxy groups -OCH3 is 1. The summed E-state index contributed by atoms with van der Waals surface area (Å²) in [4.78, 5) is 18.1. The number of rotatable bonds is 7. The van der Waals surface area contributed by atoms with Gasteiger partial charge in [-0.05, 0) is 55.5 Å². The standard InChI is InChI=1S/C24H19N3O4S/c1-15-22(16-7-9-18(29-2)10-8-16)26-24(32-15)27-23(28)21-12-11-19(31-21)14-30-20-6-4-3-5-17(20)13-25/h3-12H,14H2,1-2H3,(H,26,27,28). The molecule has 0 atom stereocenters. The Hall–Kier alpha value is -4.09. The first-order valence-corrected chi connectivity index (χ1v) is 10.5. The number of carbonyl (C=O) groups is 1. The second-order valence-corrected chi connectivity index (χ2v) is 7.97. The molecule has 0 spiro atoms. The van der Waals surface area contributed by atoms with Crippen molar-refractivity contribution in [2.45, 2.75) is 13.5 Å². The number of hydrogen-bond acceptors (Lipinski definition) is 7. The average molecular weight is 446 g/mol. The maximum atomic E-state index is 12.6. The van der Waals surface area contributed by atoms with E-state index >= 15 is 0 Å². The number of thiazole rings is 1. The molecule has 160 valence electrons. The molecule has 4 rings (SSSR count). The highest BCUT2D eigenvalue weighted by molar-refractivity contribution is 7.16. The lowest BCUT2D eigenvalue weighted by molar-refractivity contribution is 0.0992. The fourth-order valence-electron chi connectivity index (χ4n) is 3.04. The number of hydrogen-bond donors (Lipinski definition) is 1. The number of ether oxygens (including phenoxy) is 2. The van der Waals surface area contributed by atoms with Crippen molar-refractivity contribution in [2.75, 3.05) is 12.4 Å². The van der Waals surface area contributed by atoms with Gasteiger partial charge in [0.15, 0.2) is 10.9 Å². The molecule has 32 heavy (non-hydrogen) atoms. The van der Waals surface area contributed by atoms with Crippen LogP contribution < -0.4 is 14.8 Å². The molecule has 2 heterocycles. The number of nitrogens with one attached hydrogen (secondary N) is 1. The molecule has 1 N–H and O–H groups in total. The monoisotopic (exact) mass is 445 g/mol. The van der Waals surface area contributed by atoms with Crippen LogP contribution in [0.4, 0.5) is 5.13 Å². The molecule has 2 aromatic heterocycles. The first-order chi connectivity index (χ1) is 15.6. The van der Waals surface area contributed by atoms with E-state index in [9.17, 15) is 4.79 Å². The molecule has 2 aromatic carbocycles. The minimum Gasteiger partial charge on any atom is -0.497 e. The number of anilines is 1. The zero-order valence-corrected chi connectivity index (χ0v) is 18.2. The average Bonchev–Trinajstić information content (AvgIpc) is 3.44. The number of benzene rings is 2. The zero-order valence-electron chi connectivity index (χ0n) is 17.4. The van der Waals surface area contributed by atoms with Gasteiger partial charge in [0.1, 0.15) is 29.9 Å². The maximum absolute atomic E-state index is 12.6. The summed E-state index contributed by atoms with van der Waals surface area (Å²) < 4.78 is 16.4. The number of carbonyl (C=O) groups excluding carboxylic acids is 1. The number of amides is 1. The molecule has 0 saturated carbocycles. The first kappa shape index (κ1) is 21.2. The predicted octanol–water partition coefficient (Wildman–Crippen LogP) is 5.42. The van der Waals surface area contributed by atoms with Gasteiger partial charge < -0.3 is 13.9 Å². The van der Waals surface area contributed by atoms with Gasteiger partial charge in [-0.15, -0.1) is 11.3 Å². The Morgan fingerprint density at radius 3 is 2.69 bits per heavy atom. The molecule has 0 aliphatic heterocycles. The molecule has 0 fully saturated rings. The molecule has 1 amide bonds. The molecular weight excluding hydrogens is 426 g/mol. The normalized spacial score (nSPS) is 10.4. The Bertz CT molecular complexity index is 1290. The Morgan fingerprint density at radius 2 is 1.94 bits per heavy atom. The van der Waals surface area contributed by atoms with E-state index in [4.69, 9.17) is 19.2 Å². The lowest BCUT2D eigenvalue weighted by atomic mass is 10.1. The van der Waals surface area contributed by atoms with E-state index < -0.39 is 5.91 Å². The van der Waals surface area contributed by atoms with Gasteiger partial charge in [0.2, 0.25) is 0 Å². The van der Waals surface area contributed by atoms with Gasteiger partial charge in [-0.2, -0.15) is 5.26 Å². The van der Waals surface area contributed by atoms with Gasteiger partial charge in [0.05, 0.1) is 18.4 Å². The highest BCUT2D eigenvalue weighted by Crippen LogP contribution is 2.31. The summed E-state index contributed by atoms with van der Waals surface area (Å²) in [5.41, 5.74) is 2.18. The van der Waals surface area contributed by atoms with Crippen LogP contribution in [0.1, 0.15) is 26.8 Å². The molecule has 0 aliphatic carbocycles. The van der Waals surface area contributed by atoms with Crippen LogP contribution in [0, 0.1) is 18.3 Å². The van der Waals surface area contributed by atoms with Crippen LogP contribution in [0.15, 0.2) is 65.1 Å². The summed E-state index contributed by atoms with van der Waals surface area (Å²) in [5.74, 6) is 1.45. The maximum Gasteiger partial charge on any atom is 0.293 e. The van der Waals surface area contributed by atoms with Crippen molar-refractivity contribution in [2.24, 2.45) is 0 Å². The minimum absolute atomic E-state index is 0.101. The van der Waals surface area contributed by atoms with Crippen LogP contribution in [-0.2, 0) is 6.61 Å². The quantitative estimate of drug-likeness (QED) is 0.408. The van der Waals surface area contributed by atoms with Crippen molar-refractivity contribution in [3.05, 3.63) is 82.6 Å². The lowest BCUT2D eigenvalue weighted by Gasteiger charge is -2.05. The topological polar surface area (TPSA) is 97.4 Å². The smallest absolute Gasteiger partial charge is 0.293 e. The Balaban J connectivity index is 1.41. The SMILES string of the molecule is COc1ccc(-c2nc(NC(=O)c3ccc(COc4ccccc4C#N)o3)sc2C)cc1. The second kappa shape index (κ2) is 9.37. The number of aryl methyl sites for hydroxylation is 1. The summed E-state index contributed by atoms with van der Waals surface area (Å²) >= 11 is 1.39. The van der Waals surface area contributed by atoms with Crippen LogP contribution in [0.25, 0.3) is 11.3 Å². The molecular formula is C24H19N3O4S. The van der Waals surface area contributed by atoms with Crippen molar-refractivity contribution in [1.29, 1.82) is 5.26 Å². The summed E-state index contributed by atoms with van der Waals surface area (Å²) in [5, 5.41) is 12.4. The molecule has 8 heteroatoms. The molecule has 4 aromatic rings. The number of nitriles is 1. The van der Waals surface area contributed by atoms with Crippen LogP contribution in [0.3, 0.4) is 0 Å². The minimum atomic E-state index is -0.399. The van der Waals surface area contributed by atoms with Crippen LogP contribution in [0.5, 0.6) is 11.5 Å². The van der Waals surface area contributed by atoms with Gasteiger partial charge in [0.25, 0.3) is 5.91 Å². The molecule has 0 unspecified atom stereocenters. The van der Waals surface area contributed by atoms with E-state index in [1.807, 2.05) is 31.2 Å².